The van der Waals surface area contributed by atoms with Crippen LogP contribution in [0.3, 0.4) is 0 Å². The van der Waals surface area contributed by atoms with Gasteiger partial charge in [0, 0.05) is 13.3 Å². The predicted octanol–water partition coefficient (Wildman–Crippen LogP) is 2.35. The zero-order chi connectivity index (χ0) is 16.3. The highest BCUT2D eigenvalue weighted by molar-refractivity contribution is 5.76. The Bertz CT molecular complexity index is 531. The molecule has 2 rings (SSSR count). The minimum absolute atomic E-state index is 0.271. The number of carbonyl (C=O) groups excluding carboxylic acids is 3. The normalized spacial score (nSPS) is 32.2. The fourth-order valence-electron chi connectivity index (χ4n) is 3.17. The molecule has 1 aliphatic carbocycles. The Morgan fingerprint density at radius 3 is 2.82 bits per heavy atom. The van der Waals surface area contributed by atoms with Crippen molar-refractivity contribution < 1.29 is 23.9 Å². The summed E-state index contributed by atoms with van der Waals surface area (Å²) in [5, 5.41) is 0. The van der Waals surface area contributed by atoms with E-state index in [9.17, 15) is 14.4 Å². The topological polar surface area (TPSA) is 69.7 Å². The number of fused-ring (bicyclic) bond motifs is 1. The van der Waals surface area contributed by atoms with Crippen LogP contribution in [0.5, 0.6) is 0 Å². The Morgan fingerprint density at radius 2 is 2.18 bits per heavy atom. The molecule has 1 heterocycles. The van der Waals surface area contributed by atoms with E-state index in [1.54, 1.807) is 6.92 Å². The lowest BCUT2D eigenvalue weighted by Gasteiger charge is -2.28. The summed E-state index contributed by atoms with van der Waals surface area (Å²) in [6.07, 6.45) is 5.55. The minimum atomic E-state index is -0.539. The van der Waals surface area contributed by atoms with Gasteiger partial charge in [-0.15, -0.1) is 0 Å². The monoisotopic (exact) mass is 306 g/mol. The van der Waals surface area contributed by atoms with Gasteiger partial charge in [-0.2, -0.15) is 0 Å². The van der Waals surface area contributed by atoms with E-state index in [4.69, 9.17) is 9.47 Å². The number of hydrogen-bond donors (Lipinski definition) is 0. The molecule has 4 unspecified atom stereocenters. The fourth-order valence-corrected chi connectivity index (χ4v) is 3.17. The van der Waals surface area contributed by atoms with Gasteiger partial charge in [-0.3, -0.25) is 14.4 Å². The Labute approximate surface area is 130 Å². The molecule has 4 atom stereocenters. The van der Waals surface area contributed by atoms with Gasteiger partial charge in [-0.1, -0.05) is 18.6 Å². The van der Waals surface area contributed by atoms with Crippen LogP contribution in [0.1, 0.15) is 40.0 Å². The molecule has 0 spiro atoms. The van der Waals surface area contributed by atoms with Crippen molar-refractivity contribution in [3.8, 4) is 0 Å². The predicted molar refractivity (Wildman–Crippen MR) is 79.8 cm³/mol. The minimum Gasteiger partial charge on any atom is -0.462 e. The summed E-state index contributed by atoms with van der Waals surface area (Å²) in [4.78, 5) is 34.6. The van der Waals surface area contributed by atoms with Crippen LogP contribution < -0.4 is 0 Å². The standard InChI is InChI=1S/C17H22O5/c1-10-5-4-6-13(9-18)8-15(21-12(3)19)16-11(2)17(20)22-14(16)7-10/h6-7,9,11,14-16H,4-5,8H2,1-3H3. The summed E-state index contributed by atoms with van der Waals surface area (Å²) in [5.74, 6) is -1.34. The molecule has 0 aromatic rings. The Kier molecular flexibility index (Phi) is 5.16. The maximum Gasteiger partial charge on any atom is 0.309 e. The Balaban J connectivity index is 2.40. The van der Waals surface area contributed by atoms with Crippen LogP contribution >= 0.6 is 0 Å². The quantitative estimate of drug-likeness (QED) is 0.445. The molecule has 22 heavy (non-hydrogen) atoms. The fraction of sp³-hybridized carbons (Fsp3) is 0.588. The lowest BCUT2D eigenvalue weighted by molar-refractivity contribution is -0.150. The third kappa shape index (κ3) is 3.64. The third-order valence-electron chi connectivity index (χ3n) is 4.31. The molecule has 120 valence electrons. The van der Waals surface area contributed by atoms with Gasteiger partial charge >= 0.3 is 11.9 Å². The maximum absolute atomic E-state index is 11.9. The van der Waals surface area contributed by atoms with Crippen LogP contribution in [0.2, 0.25) is 0 Å². The van der Waals surface area contributed by atoms with Crippen LogP contribution in [0.15, 0.2) is 23.3 Å². The van der Waals surface area contributed by atoms with Crippen molar-refractivity contribution in [1.82, 2.24) is 0 Å². The molecule has 0 aromatic carbocycles. The van der Waals surface area contributed by atoms with Gasteiger partial charge < -0.3 is 9.47 Å². The summed E-state index contributed by atoms with van der Waals surface area (Å²) in [6.45, 7) is 5.09. The first-order valence-corrected chi connectivity index (χ1v) is 7.61. The summed E-state index contributed by atoms with van der Waals surface area (Å²) in [5.41, 5.74) is 1.70. The van der Waals surface area contributed by atoms with E-state index in [2.05, 4.69) is 0 Å². The van der Waals surface area contributed by atoms with Crippen molar-refractivity contribution >= 4 is 18.2 Å². The molecule has 2 aliphatic rings. The molecule has 0 amide bonds. The second-order valence-electron chi connectivity index (χ2n) is 6.07. The van der Waals surface area contributed by atoms with Crippen LogP contribution in [0.25, 0.3) is 0 Å². The first kappa shape index (κ1) is 16.5. The number of esters is 2. The molecule has 1 fully saturated rings. The number of hydrogen-bond acceptors (Lipinski definition) is 5. The van der Waals surface area contributed by atoms with Gasteiger partial charge in [0.15, 0.2) is 0 Å². The number of ether oxygens (including phenoxy) is 2. The summed E-state index contributed by atoms with van der Waals surface area (Å²) in [6, 6.07) is 0. The van der Waals surface area contributed by atoms with Gasteiger partial charge in [0.1, 0.15) is 18.5 Å². The van der Waals surface area contributed by atoms with E-state index in [1.807, 2.05) is 19.1 Å². The van der Waals surface area contributed by atoms with E-state index in [0.29, 0.717) is 12.0 Å². The first-order chi connectivity index (χ1) is 10.4. The van der Waals surface area contributed by atoms with E-state index in [1.165, 1.54) is 6.92 Å². The van der Waals surface area contributed by atoms with Gasteiger partial charge in [0.05, 0.1) is 11.8 Å². The lowest BCUT2D eigenvalue weighted by atomic mass is 9.82. The van der Waals surface area contributed by atoms with Crippen LogP contribution in [0, 0.1) is 11.8 Å². The van der Waals surface area contributed by atoms with Crippen molar-refractivity contribution in [3.63, 3.8) is 0 Å². The molecule has 0 bridgehead atoms. The van der Waals surface area contributed by atoms with Crippen molar-refractivity contribution in [2.75, 3.05) is 0 Å². The van der Waals surface area contributed by atoms with E-state index in [-0.39, 0.29) is 17.8 Å². The van der Waals surface area contributed by atoms with Gasteiger partial charge in [0.2, 0.25) is 0 Å². The summed E-state index contributed by atoms with van der Waals surface area (Å²) in [7, 11) is 0. The molecular formula is C17H22O5. The highest BCUT2D eigenvalue weighted by atomic mass is 16.6. The molecule has 0 radical (unpaired) electrons. The number of allylic oxidation sites excluding steroid dienone is 2. The molecule has 0 N–H and O–H groups in total. The summed E-state index contributed by atoms with van der Waals surface area (Å²) < 4.78 is 10.9. The average molecular weight is 306 g/mol. The van der Waals surface area contributed by atoms with Crippen molar-refractivity contribution in [1.29, 1.82) is 0 Å². The highest BCUT2D eigenvalue weighted by Gasteiger charge is 2.46. The third-order valence-corrected chi connectivity index (χ3v) is 4.31. The van der Waals surface area contributed by atoms with Crippen LogP contribution in [-0.2, 0) is 23.9 Å². The maximum atomic E-state index is 11.9. The van der Waals surface area contributed by atoms with Crippen LogP contribution in [0.4, 0.5) is 0 Å². The van der Waals surface area contributed by atoms with Crippen molar-refractivity contribution in [3.05, 3.63) is 23.3 Å². The molecule has 5 nitrogen and oxygen atoms in total. The summed E-state index contributed by atoms with van der Waals surface area (Å²) >= 11 is 0. The second-order valence-corrected chi connectivity index (χ2v) is 6.07. The molecule has 0 saturated carbocycles. The SMILES string of the molecule is CC(=O)OC1CC(C=O)=CCCC(C)=CC2OC(=O)C(C)C21. The Hall–Kier alpha value is -1.91. The van der Waals surface area contributed by atoms with Crippen molar-refractivity contribution in [2.24, 2.45) is 11.8 Å². The highest BCUT2D eigenvalue weighted by Crippen LogP contribution is 2.36. The van der Waals surface area contributed by atoms with Crippen LogP contribution in [-0.4, -0.2) is 30.4 Å². The second kappa shape index (κ2) is 6.90. The first-order valence-electron chi connectivity index (χ1n) is 7.61. The number of carbonyl (C=O) groups is 3. The number of aldehydes is 1. The largest absolute Gasteiger partial charge is 0.462 e. The molecule has 0 aromatic heterocycles. The Morgan fingerprint density at radius 1 is 1.45 bits per heavy atom. The number of rotatable bonds is 2. The van der Waals surface area contributed by atoms with Gasteiger partial charge in [-0.25, -0.2) is 0 Å². The zero-order valence-corrected chi connectivity index (χ0v) is 13.2. The van der Waals surface area contributed by atoms with Gasteiger partial charge in [0.25, 0.3) is 0 Å². The van der Waals surface area contributed by atoms with E-state index < -0.39 is 18.2 Å². The zero-order valence-electron chi connectivity index (χ0n) is 13.2. The van der Waals surface area contributed by atoms with E-state index in [0.717, 1.165) is 24.7 Å². The lowest BCUT2D eigenvalue weighted by Crippen LogP contribution is -2.35. The van der Waals surface area contributed by atoms with Crippen molar-refractivity contribution in [2.45, 2.75) is 52.2 Å². The molecule has 1 saturated heterocycles. The van der Waals surface area contributed by atoms with E-state index >= 15 is 0 Å². The molecule has 5 heteroatoms. The molecular weight excluding hydrogens is 284 g/mol. The smallest absolute Gasteiger partial charge is 0.309 e. The molecule has 1 aliphatic heterocycles. The van der Waals surface area contributed by atoms with Gasteiger partial charge in [-0.05, 0) is 31.4 Å². The average Bonchev–Trinajstić information content (AvgIpc) is 2.71.